The van der Waals surface area contributed by atoms with E-state index in [1.807, 2.05) is 0 Å². The van der Waals surface area contributed by atoms with Gasteiger partial charge in [0, 0.05) is 17.7 Å². The first-order chi connectivity index (χ1) is 9.13. The number of rotatable bonds is 6. The van der Waals surface area contributed by atoms with Crippen LogP contribution in [0.15, 0.2) is 18.2 Å². The summed E-state index contributed by atoms with van der Waals surface area (Å²) in [5.41, 5.74) is 1.11. The summed E-state index contributed by atoms with van der Waals surface area (Å²) in [6, 6.07) is 4.78. The third-order valence-corrected chi connectivity index (χ3v) is 2.69. The lowest BCUT2D eigenvalue weighted by molar-refractivity contribution is 0.112. The average molecular weight is 264 g/mol. The van der Waals surface area contributed by atoms with Gasteiger partial charge in [-0.2, -0.15) is 0 Å². The number of ether oxygens (including phenoxy) is 1. The van der Waals surface area contributed by atoms with Crippen LogP contribution < -0.4 is 0 Å². The molecular weight excluding hydrogens is 243 g/mol. The highest BCUT2D eigenvalue weighted by atomic mass is 19.1. The van der Waals surface area contributed by atoms with E-state index in [1.165, 1.54) is 6.07 Å². The first-order valence-electron chi connectivity index (χ1n) is 6.59. The number of aliphatic hydroxyl groups excluding tert-OH is 1. The third-order valence-electron chi connectivity index (χ3n) is 2.69. The van der Waals surface area contributed by atoms with Crippen LogP contribution in [0.2, 0.25) is 0 Å². The molecule has 0 amide bonds. The van der Waals surface area contributed by atoms with Crippen molar-refractivity contribution in [2.45, 2.75) is 33.3 Å². The molecule has 0 radical (unpaired) electrons. The van der Waals surface area contributed by atoms with Gasteiger partial charge in [-0.25, -0.2) is 4.39 Å². The highest BCUT2D eigenvalue weighted by Gasteiger charge is 2.03. The molecule has 0 aliphatic rings. The molecule has 0 saturated carbocycles. The van der Waals surface area contributed by atoms with Crippen LogP contribution in [0, 0.1) is 23.6 Å². The Bertz CT molecular complexity index is 444. The van der Waals surface area contributed by atoms with Crippen LogP contribution in [-0.4, -0.2) is 18.3 Å². The lowest BCUT2D eigenvalue weighted by Gasteiger charge is -2.07. The number of halogens is 1. The van der Waals surface area contributed by atoms with Gasteiger partial charge in [-0.15, -0.1) is 0 Å². The third kappa shape index (κ3) is 6.37. The predicted octanol–water partition coefficient (Wildman–Crippen LogP) is 3.12. The molecule has 0 heterocycles. The van der Waals surface area contributed by atoms with Gasteiger partial charge in [-0.05, 0) is 30.9 Å². The molecule has 3 heteroatoms. The highest BCUT2D eigenvalue weighted by Crippen LogP contribution is 2.12. The number of hydrogen-bond donors (Lipinski definition) is 1. The number of aliphatic hydroxyl groups is 1. The highest BCUT2D eigenvalue weighted by molar-refractivity contribution is 5.36. The van der Waals surface area contributed by atoms with E-state index in [0.29, 0.717) is 23.7 Å². The molecule has 19 heavy (non-hydrogen) atoms. The number of hydrogen-bond acceptors (Lipinski definition) is 2. The van der Waals surface area contributed by atoms with E-state index in [-0.39, 0.29) is 19.0 Å². The van der Waals surface area contributed by atoms with Crippen molar-refractivity contribution >= 4 is 0 Å². The van der Waals surface area contributed by atoms with Crippen LogP contribution >= 0.6 is 0 Å². The summed E-state index contributed by atoms with van der Waals surface area (Å²) < 4.78 is 19.2. The minimum Gasteiger partial charge on any atom is -0.384 e. The molecule has 0 unspecified atom stereocenters. The van der Waals surface area contributed by atoms with Crippen molar-refractivity contribution < 1.29 is 14.2 Å². The van der Waals surface area contributed by atoms with Crippen LogP contribution in [0.1, 0.15) is 37.8 Å². The van der Waals surface area contributed by atoms with Gasteiger partial charge in [0.2, 0.25) is 0 Å². The average Bonchev–Trinajstić information content (AvgIpc) is 2.37. The normalized spacial score (nSPS) is 10.4. The second-order valence-corrected chi connectivity index (χ2v) is 4.85. The molecule has 1 aromatic rings. The van der Waals surface area contributed by atoms with E-state index < -0.39 is 0 Å². The zero-order valence-electron chi connectivity index (χ0n) is 11.6. The topological polar surface area (TPSA) is 29.5 Å². The Kier molecular flexibility index (Phi) is 7.17. The minimum atomic E-state index is -0.311. The Labute approximate surface area is 114 Å². The van der Waals surface area contributed by atoms with Crippen molar-refractivity contribution in [3.8, 4) is 11.8 Å². The van der Waals surface area contributed by atoms with E-state index >= 15 is 0 Å². The molecule has 0 spiro atoms. The lowest BCUT2D eigenvalue weighted by atomic mass is 10.1. The van der Waals surface area contributed by atoms with Gasteiger partial charge in [0.05, 0.1) is 6.61 Å². The summed E-state index contributed by atoms with van der Waals surface area (Å²) in [7, 11) is 0. The van der Waals surface area contributed by atoms with Gasteiger partial charge in [-0.1, -0.05) is 31.8 Å². The van der Waals surface area contributed by atoms with Gasteiger partial charge in [-0.3, -0.25) is 0 Å². The monoisotopic (exact) mass is 264 g/mol. The summed E-state index contributed by atoms with van der Waals surface area (Å²) in [6.07, 6.45) is 2.12. The molecule has 0 aliphatic heterocycles. The Balaban J connectivity index is 2.42. The summed E-state index contributed by atoms with van der Waals surface area (Å²) in [5, 5.41) is 8.57. The van der Waals surface area contributed by atoms with Gasteiger partial charge in [0.15, 0.2) is 0 Å². The predicted molar refractivity (Wildman–Crippen MR) is 74.1 cm³/mol. The van der Waals surface area contributed by atoms with Crippen molar-refractivity contribution in [2.24, 2.45) is 5.92 Å². The van der Waals surface area contributed by atoms with Crippen LogP contribution in [0.25, 0.3) is 0 Å². The van der Waals surface area contributed by atoms with Crippen LogP contribution in [0.5, 0.6) is 0 Å². The summed E-state index contributed by atoms with van der Waals surface area (Å²) in [4.78, 5) is 0. The molecule has 1 N–H and O–H groups in total. The fraction of sp³-hybridized carbons (Fsp3) is 0.500. The minimum absolute atomic E-state index is 0.220. The molecule has 0 fully saturated rings. The quantitative estimate of drug-likeness (QED) is 0.632. The molecule has 0 aliphatic carbocycles. The Hall–Kier alpha value is -1.37. The molecule has 1 rings (SSSR count). The fourth-order valence-electron chi connectivity index (χ4n) is 1.66. The Morgan fingerprint density at radius 3 is 2.79 bits per heavy atom. The lowest BCUT2D eigenvalue weighted by Crippen LogP contribution is -2.00. The second-order valence-electron chi connectivity index (χ2n) is 4.85. The molecule has 0 atom stereocenters. The Morgan fingerprint density at radius 1 is 1.37 bits per heavy atom. The molecule has 1 aromatic carbocycles. The second kappa shape index (κ2) is 8.68. The maximum atomic E-state index is 13.7. The van der Waals surface area contributed by atoms with E-state index in [2.05, 4.69) is 25.7 Å². The SMILES string of the molecule is CC(C)CCCOCc1ccc(C#CCO)cc1F. The fourth-order valence-corrected chi connectivity index (χ4v) is 1.66. The largest absolute Gasteiger partial charge is 0.384 e. The maximum Gasteiger partial charge on any atom is 0.129 e. The standard InChI is InChI=1S/C16H21FO2/c1-13(2)5-4-10-19-12-15-8-7-14(6-3-9-18)11-16(15)17/h7-8,11,13,18H,4-5,9-10,12H2,1-2H3. The van der Waals surface area contributed by atoms with Crippen molar-refractivity contribution in [1.82, 2.24) is 0 Å². The van der Waals surface area contributed by atoms with E-state index in [0.717, 1.165) is 12.8 Å². The van der Waals surface area contributed by atoms with E-state index in [9.17, 15) is 4.39 Å². The summed E-state index contributed by atoms with van der Waals surface area (Å²) in [5.74, 6) is 5.52. The molecule has 2 nitrogen and oxygen atoms in total. The zero-order valence-corrected chi connectivity index (χ0v) is 11.6. The van der Waals surface area contributed by atoms with Crippen molar-refractivity contribution in [3.63, 3.8) is 0 Å². The van der Waals surface area contributed by atoms with Gasteiger partial charge < -0.3 is 9.84 Å². The summed E-state index contributed by atoms with van der Waals surface area (Å²) >= 11 is 0. The van der Waals surface area contributed by atoms with Crippen LogP contribution in [0.3, 0.4) is 0 Å². The maximum absolute atomic E-state index is 13.7. The first kappa shape index (κ1) is 15.7. The van der Waals surface area contributed by atoms with Crippen LogP contribution in [-0.2, 0) is 11.3 Å². The summed E-state index contributed by atoms with van der Waals surface area (Å²) in [6.45, 7) is 5.07. The van der Waals surface area contributed by atoms with E-state index in [1.54, 1.807) is 12.1 Å². The van der Waals surface area contributed by atoms with Crippen LogP contribution in [0.4, 0.5) is 4.39 Å². The molecule has 104 valence electrons. The van der Waals surface area contributed by atoms with Gasteiger partial charge in [0.1, 0.15) is 12.4 Å². The molecule has 0 bridgehead atoms. The first-order valence-corrected chi connectivity index (χ1v) is 6.59. The van der Waals surface area contributed by atoms with Gasteiger partial charge in [0.25, 0.3) is 0 Å². The van der Waals surface area contributed by atoms with Gasteiger partial charge >= 0.3 is 0 Å². The van der Waals surface area contributed by atoms with Crippen molar-refractivity contribution in [3.05, 3.63) is 35.1 Å². The van der Waals surface area contributed by atoms with E-state index in [4.69, 9.17) is 9.84 Å². The molecule has 0 saturated heterocycles. The van der Waals surface area contributed by atoms with Crippen molar-refractivity contribution in [1.29, 1.82) is 0 Å². The van der Waals surface area contributed by atoms with Crippen molar-refractivity contribution in [2.75, 3.05) is 13.2 Å². The molecule has 0 aromatic heterocycles. The Morgan fingerprint density at radius 2 is 2.16 bits per heavy atom. The molecular formula is C16H21FO2. The smallest absolute Gasteiger partial charge is 0.129 e. The zero-order chi connectivity index (χ0) is 14.1. The number of benzene rings is 1.